The third kappa shape index (κ3) is 6.46. The average molecular weight is 294 g/mol. The second-order valence-corrected chi connectivity index (χ2v) is 4.10. The minimum atomic E-state index is 0. The smallest absolute Gasteiger partial charge is 0.188 e. The lowest BCUT2D eigenvalue weighted by molar-refractivity contribution is 0.111. The van der Waals surface area contributed by atoms with Crippen LogP contribution in [-0.4, -0.2) is 16.3 Å². The van der Waals surface area contributed by atoms with Crippen LogP contribution in [0.25, 0.3) is 0 Å². The molecule has 0 saturated heterocycles. The van der Waals surface area contributed by atoms with Gasteiger partial charge in [-0.25, -0.2) is 9.97 Å². The first kappa shape index (κ1) is 17.8. The van der Waals surface area contributed by atoms with Crippen LogP contribution in [0, 0.1) is 0 Å². The molecule has 0 spiro atoms. The molecule has 1 atom stereocenters. The summed E-state index contributed by atoms with van der Waals surface area (Å²) in [6.45, 7) is 4.00. The highest BCUT2D eigenvalue weighted by atomic mass is 32.2. The Morgan fingerprint density at radius 3 is 2.47 bits per heavy atom. The fourth-order valence-electron chi connectivity index (χ4n) is 1.21. The third-order valence-corrected chi connectivity index (χ3v) is 2.92. The van der Waals surface area contributed by atoms with Gasteiger partial charge in [-0.2, -0.15) is 9.90 Å². The molecule has 0 radical (unpaired) electrons. The lowest BCUT2D eigenvalue weighted by atomic mass is 10.2. The molecule has 0 aliphatic heterocycles. The van der Waals surface area contributed by atoms with Crippen molar-refractivity contribution >= 4 is 27.9 Å². The zero-order valence-corrected chi connectivity index (χ0v) is 13.5. The first-order valence-corrected chi connectivity index (χ1v) is 6.82. The van der Waals surface area contributed by atoms with E-state index < -0.39 is 0 Å². The first-order valence-electron chi connectivity index (χ1n) is 5.83. The van der Waals surface area contributed by atoms with Gasteiger partial charge in [0.2, 0.25) is 0 Å². The van der Waals surface area contributed by atoms with Crippen LogP contribution in [0.15, 0.2) is 47.8 Å². The summed E-state index contributed by atoms with van der Waals surface area (Å²) in [5.41, 5.74) is 1.64. The predicted octanol–water partition coefficient (Wildman–Crippen LogP) is 3.67. The molecule has 0 saturated carbocycles. The molecule has 0 N–H and O–H groups in total. The van der Waals surface area contributed by atoms with Crippen LogP contribution in [-0.2, 0) is 5.75 Å². The van der Waals surface area contributed by atoms with Crippen molar-refractivity contribution in [3.8, 4) is 0 Å². The van der Waals surface area contributed by atoms with Gasteiger partial charge in [0, 0.05) is 11.9 Å². The zero-order valence-electron chi connectivity index (χ0n) is 11.2. The van der Waals surface area contributed by atoms with E-state index in [9.17, 15) is 4.79 Å². The Hall–Kier alpha value is -1.25. The Bertz CT molecular complexity index is 480. The maximum atomic E-state index is 10.5. The largest absolute Gasteiger partial charge is 0.296 e. The molecule has 0 bridgehead atoms. The summed E-state index contributed by atoms with van der Waals surface area (Å²) in [6, 6.07) is 11.7. The summed E-state index contributed by atoms with van der Waals surface area (Å²) in [4.78, 5) is 18.7. The number of carbonyl (C=O) groups excluding carboxylic acids is 1. The highest BCUT2D eigenvalue weighted by Gasteiger charge is 2.00. The van der Waals surface area contributed by atoms with Crippen molar-refractivity contribution in [1.82, 2.24) is 9.97 Å². The van der Waals surface area contributed by atoms with Crippen LogP contribution in [0.5, 0.6) is 0 Å². The minimum absolute atomic E-state index is 0. The summed E-state index contributed by atoms with van der Waals surface area (Å²) < 4.78 is 0. The van der Waals surface area contributed by atoms with Crippen molar-refractivity contribution in [2.75, 3.05) is 0 Å². The molecule has 1 aromatic carbocycles. The van der Waals surface area contributed by atoms with E-state index in [1.54, 1.807) is 12.3 Å². The number of carbonyl (C=O) groups is 1. The van der Waals surface area contributed by atoms with Crippen molar-refractivity contribution in [3.05, 3.63) is 53.9 Å². The molecule has 0 fully saturated rings. The normalized spacial score (nSPS) is 8.74. The van der Waals surface area contributed by atoms with Gasteiger partial charge in [0.1, 0.15) is 5.69 Å². The molecule has 2 aromatic rings. The van der Waals surface area contributed by atoms with E-state index in [2.05, 4.69) is 22.1 Å². The second-order valence-electron chi connectivity index (χ2n) is 3.16. The lowest BCUT2D eigenvalue weighted by Crippen LogP contribution is -1.92. The molecule has 1 unspecified atom stereocenters. The van der Waals surface area contributed by atoms with Gasteiger partial charge in [-0.3, -0.25) is 4.79 Å². The van der Waals surface area contributed by atoms with Crippen molar-refractivity contribution in [1.29, 1.82) is 0 Å². The minimum Gasteiger partial charge on any atom is -0.296 e. The number of thioether (sulfide) groups is 1. The highest BCUT2D eigenvalue weighted by molar-refractivity contribution is 7.98. The molecule has 1 heterocycles. The van der Waals surface area contributed by atoms with Crippen LogP contribution < -0.4 is 0 Å². The number of aldehydes is 1. The maximum absolute atomic E-state index is 10.5. The molecule has 1 aromatic heterocycles. The van der Waals surface area contributed by atoms with Gasteiger partial charge in [-0.1, -0.05) is 55.9 Å². The third-order valence-electron chi connectivity index (χ3n) is 1.99. The van der Waals surface area contributed by atoms with E-state index >= 15 is 0 Å². The van der Waals surface area contributed by atoms with Gasteiger partial charge in [-0.15, -0.1) is 0 Å². The summed E-state index contributed by atoms with van der Waals surface area (Å²) >= 11 is 1.52. The Labute approximate surface area is 121 Å². The van der Waals surface area contributed by atoms with Crippen molar-refractivity contribution < 1.29 is 4.79 Å². The van der Waals surface area contributed by atoms with Crippen LogP contribution >= 0.6 is 21.7 Å². The van der Waals surface area contributed by atoms with E-state index in [1.807, 2.05) is 32.0 Å². The number of benzene rings is 1. The molecule has 5 heteroatoms. The summed E-state index contributed by atoms with van der Waals surface area (Å²) in [5, 5.41) is 0.633. The molecule has 0 aliphatic carbocycles. The predicted molar refractivity (Wildman–Crippen MR) is 85.9 cm³/mol. The number of aromatic nitrogens is 2. The Balaban J connectivity index is 0.00000103. The van der Waals surface area contributed by atoms with Gasteiger partial charge in [0.25, 0.3) is 0 Å². The van der Waals surface area contributed by atoms with E-state index in [0.717, 1.165) is 12.0 Å². The summed E-state index contributed by atoms with van der Waals surface area (Å²) in [7, 11) is 0. The molecular weight excluding hydrogens is 275 g/mol. The molecule has 0 aliphatic rings. The molecule has 102 valence electrons. The summed E-state index contributed by atoms with van der Waals surface area (Å²) in [6.07, 6.45) is 2.33. The maximum Gasteiger partial charge on any atom is 0.188 e. The fraction of sp³-hybridized carbons (Fsp3) is 0.214. The van der Waals surface area contributed by atoms with Crippen LogP contribution in [0.3, 0.4) is 0 Å². The van der Waals surface area contributed by atoms with Crippen LogP contribution in [0.4, 0.5) is 0 Å². The first-order chi connectivity index (χ1) is 8.88. The van der Waals surface area contributed by atoms with Gasteiger partial charge < -0.3 is 0 Å². The molecule has 19 heavy (non-hydrogen) atoms. The van der Waals surface area contributed by atoms with Crippen molar-refractivity contribution in [3.63, 3.8) is 0 Å². The number of rotatable bonds is 4. The Morgan fingerprint density at radius 2 is 1.84 bits per heavy atom. The van der Waals surface area contributed by atoms with Crippen LogP contribution in [0.1, 0.15) is 29.9 Å². The summed E-state index contributed by atoms with van der Waals surface area (Å²) in [5.74, 6) is 0.809. The standard InChI is InChI=1S/C12H10N2OS.C2H6.H3P/c15-8-11-6-7-13-12(14-11)16-9-10-4-2-1-3-5-10;1-2;/h1-8H,9H2;1-2H3;1H3. The van der Waals surface area contributed by atoms with Crippen molar-refractivity contribution in [2.45, 2.75) is 24.8 Å². The number of nitrogens with zero attached hydrogens (tertiary/aromatic N) is 2. The van der Waals surface area contributed by atoms with Crippen LogP contribution in [0.2, 0.25) is 0 Å². The van der Waals surface area contributed by atoms with E-state index in [4.69, 9.17) is 0 Å². The number of hydrogen-bond acceptors (Lipinski definition) is 4. The average Bonchev–Trinajstić information content (AvgIpc) is 2.48. The second kappa shape index (κ2) is 10.7. The molecule has 0 amide bonds. The quantitative estimate of drug-likeness (QED) is 0.373. The Kier molecular flexibility index (Phi) is 9.95. The van der Waals surface area contributed by atoms with Gasteiger partial charge in [0.15, 0.2) is 11.4 Å². The molecule has 3 nitrogen and oxygen atoms in total. The van der Waals surface area contributed by atoms with Crippen molar-refractivity contribution in [2.24, 2.45) is 0 Å². The van der Waals surface area contributed by atoms with E-state index in [0.29, 0.717) is 10.9 Å². The van der Waals surface area contributed by atoms with E-state index in [-0.39, 0.29) is 9.90 Å². The molecular formula is C14H19N2OPS. The zero-order chi connectivity index (χ0) is 13.2. The number of hydrogen-bond donors (Lipinski definition) is 0. The molecule has 2 rings (SSSR count). The monoisotopic (exact) mass is 294 g/mol. The van der Waals surface area contributed by atoms with Gasteiger partial charge >= 0.3 is 0 Å². The fourth-order valence-corrected chi connectivity index (χ4v) is 2.00. The van der Waals surface area contributed by atoms with E-state index in [1.165, 1.54) is 17.3 Å². The lowest BCUT2D eigenvalue weighted by Gasteiger charge is -2.00. The topological polar surface area (TPSA) is 42.9 Å². The van der Waals surface area contributed by atoms with Gasteiger partial charge in [0.05, 0.1) is 0 Å². The van der Waals surface area contributed by atoms with Gasteiger partial charge in [-0.05, 0) is 11.6 Å². The highest BCUT2D eigenvalue weighted by Crippen LogP contribution is 2.18. The SMILES string of the molecule is CC.O=Cc1ccnc(SCc2ccccc2)n1.P. The Morgan fingerprint density at radius 1 is 1.16 bits per heavy atom.